The van der Waals surface area contributed by atoms with Crippen LogP contribution in [0.1, 0.15) is 21.5 Å². The first-order chi connectivity index (χ1) is 13.9. The number of benzene rings is 1. The third-order valence-corrected chi connectivity index (χ3v) is 4.60. The van der Waals surface area contributed by atoms with Crippen molar-refractivity contribution < 1.29 is 14.3 Å². The maximum absolute atomic E-state index is 11.4. The molecule has 1 aromatic carbocycles. The molecule has 0 saturated carbocycles. The van der Waals surface area contributed by atoms with Crippen molar-refractivity contribution in [1.29, 1.82) is 10.5 Å². The number of aromatic nitrogens is 1. The van der Waals surface area contributed by atoms with Crippen molar-refractivity contribution in [2.75, 3.05) is 46.2 Å². The topological polar surface area (TPSA) is 128 Å². The number of pyridine rings is 1. The van der Waals surface area contributed by atoms with Crippen LogP contribution in [-0.2, 0) is 9.47 Å². The second-order valence-corrected chi connectivity index (χ2v) is 6.61. The van der Waals surface area contributed by atoms with Gasteiger partial charge in [0, 0.05) is 18.7 Å². The van der Waals surface area contributed by atoms with Crippen LogP contribution in [0.5, 0.6) is 0 Å². The van der Waals surface area contributed by atoms with Crippen LogP contribution in [-0.4, -0.2) is 56.3 Å². The first-order valence-electron chi connectivity index (χ1n) is 8.73. The van der Waals surface area contributed by atoms with Gasteiger partial charge in [-0.25, -0.2) is 4.79 Å². The van der Waals surface area contributed by atoms with E-state index in [9.17, 15) is 15.3 Å². The van der Waals surface area contributed by atoms with Crippen LogP contribution in [0.4, 0.5) is 5.82 Å². The number of carbonyl (C=O) groups excluding carboxylic acids is 1. The number of esters is 1. The highest BCUT2D eigenvalue weighted by Gasteiger charge is 2.17. The minimum Gasteiger partial charge on any atom is -0.465 e. The number of nitrogens with two attached hydrogens (primary N) is 1. The lowest BCUT2D eigenvalue weighted by atomic mass is 9.96. The Bertz CT molecular complexity index is 1010. The Hall–Kier alpha value is -3.24. The molecule has 2 aromatic rings. The molecule has 0 atom stereocenters. The molecule has 1 aromatic heterocycles. The number of hydrogen-bond donors (Lipinski definition) is 2. The Morgan fingerprint density at radius 2 is 1.79 bits per heavy atom. The van der Waals surface area contributed by atoms with E-state index in [0.717, 1.165) is 26.3 Å². The molecular formula is C20H21N5O3S. The Balaban J connectivity index is 0.000000360. The van der Waals surface area contributed by atoms with Crippen molar-refractivity contribution in [3.8, 4) is 23.3 Å². The SMILES string of the molecule is CN1CCOCC1.COC(=O)c1ccc(-c2c(C#N)c(N)[nH]c(=S)c2C#N)cc1. The number of ether oxygens (including phenoxy) is 2. The van der Waals surface area contributed by atoms with Crippen LogP contribution in [0.3, 0.4) is 0 Å². The second kappa shape index (κ2) is 10.3. The van der Waals surface area contributed by atoms with Gasteiger partial charge in [-0.1, -0.05) is 24.4 Å². The van der Waals surface area contributed by atoms with Gasteiger partial charge in [0.1, 0.15) is 28.2 Å². The monoisotopic (exact) mass is 411 g/mol. The molecule has 0 aliphatic carbocycles. The van der Waals surface area contributed by atoms with E-state index in [2.05, 4.69) is 21.7 Å². The fourth-order valence-electron chi connectivity index (χ4n) is 2.68. The van der Waals surface area contributed by atoms with Gasteiger partial charge < -0.3 is 25.1 Å². The number of likely N-dealkylation sites (N-methyl/N-ethyl adjacent to an activating group) is 1. The van der Waals surface area contributed by atoms with Crippen molar-refractivity contribution in [2.45, 2.75) is 0 Å². The van der Waals surface area contributed by atoms with Gasteiger partial charge in [-0.2, -0.15) is 10.5 Å². The largest absolute Gasteiger partial charge is 0.465 e. The number of nitriles is 2. The highest BCUT2D eigenvalue weighted by atomic mass is 32.1. The third kappa shape index (κ3) is 5.39. The summed E-state index contributed by atoms with van der Waals surface area (Å²) in [5.41, 5.74) is 7.33. The molecule has 0 unspecified atom stereocenters. The molecule has 3 rings (SSSR count). The summed E-state index contributed by atoms with van der Waals surface area (Å²) in [6.07, 6.45) is 0. The third-order valence-electron chi connectivity index (χ3n) is 4.30. The summed E-state index contributed by atoms with van der Waals surface area (Å²) in [4.78, 5) is 16.3. The standard InChI is InChI=1S/C15H10N4O2S.C5H11NO/c1-21-15(20)9-4-2-8(3-5-9)12-10(6-16)13(18)19-14(22)11(12)7-17;1-6-2-4-7-5-3-6/h2-5H,1H3,(H3,18,19,22);2-5H2,1H3. The Morgan fingerprint density at radius 1 is 1.21 bits per heavy atom. The van der Waals surface area contributed by atoms with Crippen LogP contribution < -0.4 is 5.73 Å². The number of H-pyrrole nitrogens is 1. The lowest BCUT2D eigenvalue weighted by Gasteiger charge is -2.21. The number of methoxy groups -OCH3 is 1. The Kier molecular flexibility index (Phi) is 7.87. The van der Waals surface area contributed by atoms with Crippen LogP contribution >= 0.6 is 12.2 Å². The maximum atomic E-state index is 11.4. The predicted octanol–water partition coefficient (Wildman–Crippen LogP) is 2.47. The van der Waals surface area contributed by atoms with Gasteiger partial charge in [0.05, 0.1) is 31.5 Å². The number of nitrogens with zero attached hydrogens (tertiary/aromatic N) is 3. The van der Waals surface area contributed by atoms with Gasteiger partial charge in [0.15, 0.2) is 0 Å². The average molecular weight is 411 g/mol. The highest BCUT2D eigenvalue weighted by molar-refractivity contribution is 7.71. The molecule has 1 aliphatic rings. The molecule has 0 radical (unpaired) electrons. The van der Waals surface area contributed by atoms with E-state index in [1.807, 2.05) is 12.1 Å². The summed E-state index contributed by atoms with van der Waals surface area (Å²) in [7, 11) is 3.40. The summed E-state index contributed by atoms with van der Waals surface area (Å²) >= 11 is 5.08. The van der Waals surface area contributed by atoms with Gasteiger partial charge >= 0.3 is 5.97 Å². The van der Waals surface area contributed by atoms with Gasteiger partial charge in [-0.05, 0) is 24.7 Å². The first-order valence-corrected chi connectivity index (χ1v) is 9.14. The van der Waals surface area contributed by atoms with Crippen LogP contribution in [0.2, 0.25) is 0 Å². The zero-order chi connectivity index (χ0) is 21.4. The zero-order valence-electron chi connectivity index (χ0n) is 16.2. The lowest BCUT2D eigenvalue weighted by molar-refractivity contribution is 0.0503. The van der Waals surface area contributed by atoms with Gasteiger partial charge in [-0.15, -0.1) is 0 Å². The summed E-state index contributed by atoms with van der Waals surface area (Å²) in [6, 6.07) is 10.2. The molecule has 0 spiro atoms. The number of carbonyl (C=O) groups is 1. The van der Waals surface area contributed by atoms with Crippen LogP contribution in [0.25, 0.3) is 11.1 Å². The van der Waals surface area contributed by atoms with Crippen LogP contribution in [0, 0.1) is 27.3 Å². The van der Waals surface area contributed by atoms with Gasteiger partial charge in [0.25, 0.3) is 0 Å². The molecular weight excluding hydrogens is 390 g/mol. The fraction of sp³-hybridized carbons (Fsp3) is 0.300. The molecule has 1 fully saturated rings. The van der Waals surface area contributed by atoms with Gasteiger partial charge in [-0.3, -0.25) is 0 Å². The molecule has 150 valence electrons. The molecule has 1 saturated heterocycles. The number of nitrogen functional groups attached to an aromatic ring is 1. The van der Waals surface area contributed by atoms with Crippen molar-refractivity contribution in [3.05, 3.63) is 45.6 Å². The van der Waals surface area contributed by atoms with E-state index in [4.69, 9.17) is 22.7 Å². The van der Waals surface area contributed by atoms with Crippen LogP contribution in [0.15, 0.2) is 24.3 Å². The molecule has 29 heavy (non-hydrogen) atoms. The van der Waals surface area contributed by atoms with E-state index in [1.165, 1.54) is 7.11 Å². The summed E-state index contributed by atoms with van der Waals surface area (Å²) in [6.45, 7) is 4.02. The molecule has 0 bridgehead atoms. The second-order valence-electron chi connectivity index (χ2n) is 6.20. The maximum Gasteiger partial charge on any atom is 0.337 e. The van der Waals surface area contributed by atoms with Crippen molar-refractivity contribution in [3.63, 3.8) is 0 Å². The van der Waals surface area contributed by atoms with E-state index >= 15 is 0 Å². The number of anilines is 1. The highest BCUT2D eigenvalue weighted by Crippen LogP contribution is 2.30. The molecule has 9 heteroatoms. The minimum absolute atomic E-state index is 0.0959. The van der Waals surface area contributed by atoms with Crippen molar-refractivity contribution in [1.82, 2.24) is 9.88 Å². The number of aromatic amines is 1. The Morgan fingerprint density at radius 3 is 2.24 bits per heavy atom. The van der Waals surface area contributed by atoms with E-state index in [0.29, 0.717) is 16.7 Å². The fourth-order valence-corrected chi connectivity index (χ4v) is 2.94. The first kappa shape index (κ1) is 22.1. The average Bonchev–Trinajstić information content (AvgIpc) is 2.74. The number of rotatable bonds is 2. The summed E-state index contributed by atoms with van der Waals surface area (Å²) in [5, 5.41) is 18.6. The molecule has 0 amide bonds. The number of morpholine rings is 1. The quantitative estimate of drug-likeness (QED) is 0.570. The smallest absolute Gasteiger partial charge is 0.337 e. The zero-order valence-corrected chi connectivity index (χ0v) is 17.0. The predicted molar refractivity (Wildman–Crippen MR) is 111 cm³/mol. The summed E-state index contributed by atoms with van der Waals surface area (Å²) in [5.74, 6) is -0.379. The molecule has 8 nitrogen and oxygen atoms in total. The van der Waals surface area contributed by atoms with E-state index in [-0.39, 0.29) is 21.6 Å². The van der Waals surface area contributed by atoms with E-state index < -0.39 is 5.97 Å². The molecule has 3 N–H and O–H groups in total. The van der Waals surface area contributed by atoms with Gasteiger partial charge in [0.2, 0.25) is 0 Å². The summed E-state index contributed by atoms with van der Waals surface area (Å²) < 4.78 is 9.88. The number of hydrogen-bond acceptors (Lipinski definition) is 8. The molecule has 2 heterocycles. The Labute approximate surface area is 174 Å². The molecule has 1 aliphatic heterocycles. The normalized spacial score (nSPS) is 13.4. The van der Waals surface area contributed by atoms with Crippen molar-refractivity contribution in [2.24, 2.45) is 0 Å². The van der Waals surface area contributed by atoms with Crippen molar-refractivity contribution >= 4 is 24.0 Å². The minimum atomic E-state index is -0.475. The lowest BCUT2D eigenvalue weighted by Crippen LogP contribution is -2.32. The van der Waals surface area contributed by atoms with E-state index in [1.54, 1.807) is 24.3 Å². The number of nitrogens with one attached hydrogen (secondary N) is 1.